The highest BCUT2D eigenvalue weighted by Crippen LogP contribution is 2.56. The van der Waals surface area contributed by atoms with Crippen molar-refractivity contribution in [1.29, 1.82) is 0 Å². The fourth-order valence-electron chi connectivity index (χ4n) is 6.12. The largest absolute Gasteiger partial charge is 0.497 e. The molecule has 1 aliphatic rings. The van der Waals surface area contributed by atoms with Crippen molar-refractivity contribution in [1.82, 2.24) is 0 Å². The fourth-order valence-corrected chi connectivity index (χ4v) is 6.12. The Morgan fingerprint density at radius 3 is 1.50 bits per heavy atom. The highest BCUT2D eigenvalue weighted by Gasteiger charge is 2.54. The van der Waals surface area contributed by atoms with Gasteiger partial charge in [-0.3, -0.25) is 4.79 Å². The van der Waals surface area contributed by atoms with E-state index in [9.17, 15) is 9.90 Å². The number of carbonyl (C=O) groups is 1. The molecule has 0 saturated heterocycles. The van der Waals surface area contributed by atoms with Gasteiger partial charge >= 0.3 is 0 Å². The van der Waals surface area contributed by atoms with Gasteiger partial charge in [-0.25, -0.2) is 0 Å². The number of rotatable bonds is 11. The highest BCUT2D eigenvalue weighted by atomic mass is 16.5. The van der Waals surface area contributed by atoms with Crippen molar-refractivity contribution in [3.63, 3.8) is 0 Å². The lowest BCUT2D eigenvalue weighted by atomic mass is 9.76. The Morgan fingerprint density at radius 2 is 1.05 bits per heavy atom. The van der Waals surface area contributed by atoms with Gasteiger partial charge in [0, 0.05) is 5.92 Å². The van der Waals surface area contributed by atoms with E-state index in [2.05, 4.69) is 0 Å². The molecule has 226 valence electrons. The summed E-state index contributed by atoms with van der Waals surface area (Å²) in [5, 5.41) is 12.5. The maximum absolute atomic E-state index is 14.3. The van der Waals surface area contributed by atoms with Gasteiger partial charge in [-0.15, -0.1) is 0 Å². The van der Waals surface area contributed by atoms with Crippen molar-refractivity contribution < 1.29 is 28.8 Å². The number of hydrogen-bond acceptors (Lipinski definition) is 6. The van der Waals surface area contributed by atoms with E-state index < -0.39 is 11.5 Å². The summed E-state index contributed by atoms with van der Waals surface area (Å²) in [5.41, 5.74) is 2.31. The zero-order valence-corrected chi connectivity index (χ0v) is 25.5. The predicted octanol–water partition coefficient (Wildman–Crippen LogP) is 7.34. The predicted molar refractivity (Wildman–Crippen MR) is 174 cm³/mol. The van der Waals surface area contributed by atoms with Gasteiger partial charge in [0.2, 0.25) is 0 Å². The molecule has 1 aliphatic carbocycles. The molecule has 0 spiro atoms. The number of aliphatic hydroxyl groups is 1. The standard InChI is InChI=1S/C38H38O6/c1-41-30-14-5-26(6-15-30)9-22-35(39)37-36(29-12-20-33(44-4)21-13-29)34(28-10-18-32(43-3)19-11-28)25-38(37,40)24-23-27-7-16-31(42-2)17-8-27/h5-24,34,36-37,40H,25H2,1-4H3/b22-9+,24-23+. The number of ether oxygens (including phenoxy) is 4. The molecule has 0 radical (unpaired) electrons. The van der Waals surface area contributed by atoms with Crippen LogP contribution in [-0.4, -0.2) is 44.9 Å². The first-order chi connectivity index (χ1) is 21.4. The third kappa shape index (κ3) is 6.71. The number of benzene rings is 4. The van der Waals surface area contributed by atoms with E-state index in [1.165, 1.54) is 0 Å². The van der Waals surface area contributed by atoms with Gasteiger partial charge in [0.05, 0.1) is 40.0 Å². The Balaban J connectivity index is 1.59. The van der Waals surface area contributed by atoms with Crippen LogP contribution in [0.1, 0.15) is 40.5 Å². The maximum atomic E-state index is 14.3. The number of carbonyl (C=O) groups excluding carboxylic acids is 1. The minimum Gasteiger partial charge on any atom is -0.497 e. The van der Waals surface area contributed by atoms with Crippen molar-refractivity contribution in [3.8, 4) is 23.0 Å². The average Bonchev–Trinajstić information content (AvgIpc) is 3.40. The second-order valence-corrected chi connectivity index (χ2v) is 11.0. The second kappa shape index (κ2) is 13.7. The molecule has 0 heterocycles. The number of allylic oxidation sites excluding steroid dienone is 1. The van der Waals surface area contributed by atoms with Crippen LogP contribution in [0.25, 0.3) is 12.2 Å². The Bertz CT molecular complexity index is 1590. The summed E-state index contributed by atoms with van der Waals surface area (Å²) in [6.45, 7) is 0. The van der Waals surface area contributed by atoms with Crippen molar-refractivity contribution >= 4 is 17.9 Å². The molecule has 0 amide bonds. The van der Waals surface area contributed by atoms with Crippen LogP contribution in [-0.2, 0) is 4.79 Å². The van der Waals surface area contributed by atoms with E-state index in [0.717, 1.165) is 45.3 Å². The van der Waals surface area contributed by atoms with Crippen LogP contribution in [0.15, 0.2) is 109 Å². The molecule has 5 rings (SSSR count). The van der Waals surface area contributed by atoms with E-state index in [4.69, 9.17) is 18.9 Å². The van der Waals surface area contributed by atoms with Gasteiger partial charge in [-0.1, -0.05) is 66.8 Å². The minimum absolute atomic E-state index is 0.150. The van der Waals surface area contributed by atoms with Crippen molar-refractivity contribution in [2.24, 2.45) is 5.92 Å². The van der Waals surface area contributed by atoms with Crippen LogP contribution in [0.4, 0.5) is 0 Å². The summed E-state index contributed by atoms with van der Waals surface area (Å²) < 4.78 is 21.4. The second-order valence-electron chi connectivity index (χ2n) is 11.0. The Hall–Kier alpha value is -4.81. The van der Waals surface area contributed by atoms with Crippen LogP contribution in [0.3, 0.4) is 0 Å². The van der Waals surface area contributed by atoms with E-state index in [1.807, 2.05) is 103 Å². The van der Waals surface area contributed by atoms with Crippen LogP contribution in [0.5, 0.6) is 23.0 Å². The lowest BCUT2D eigenvalue weighted by Gasteiger charge is -2.29. The van der Waals surface area contributed by atoms with Gasteiger partial charge in [0.1, 0.15) is 23.0 Å². The van der Waals surface area contributed by atoms with E-state index in [-0.39, 0.29) is 17.6 Å². The normalized spacial score (nSPS) is 21.4. The van der Waals surface area contributed by atoms with Gasteiger partial charge in [0.15, 0.2) is 5.78 Å². The molecule has 6 nitrogen and oxygen atoms in total. The molecule has 4 aromatic carbocycles. The molecule has 4 unspecified atom stereocenters. The summed E-state index contributed by atoms with van der Waals surface area (Å²) in [6.07, 6.45) is 7.41. The Labute approximate surface area is 259 Å². The molecule has 44 heavy (non-hydrogen) atoms. The molecule has 1 fully saturated rings. The molecular formula is C38H38O6. The van der Waals surface area contributed by atoms with E-state index in [1.54, 1.807) is 46.7 Å². The molecule has 1 saturated carbocycles. The molecule has 0 aromatic heterocycles. The molecule has 4 atom stereocenters. The Kier molecular flexibility index (Phi) is 9.51. The monoisotopic (exact) mass is 590 g/mol. The zero-order valence-electron chi connectivity index (χ0n) is 25.5. The summed E-state index contributed by atoms with van der Waals surface area (Å²) in [6, 6.07) is 30.8. The summed E-state index contributed by atoms with van der Waals surface area (Å²) >= 11 is 0. The number of methoxy groups -OCH3 is 4. The molecule has 1 N–H and O–H groups in total. The van der Waals surface area contributed by atoms with Gasteiger partial charge in [-0.05, 0) is 89.2 Å². The maximum Gasteiger partial charge on any atom is 0.162 e. The third-order valence-electron chi connectivity index (χ3n) is 8.47. The van der Waals surface area contributed by atoms with Crippen molar-refractivity contribution in [3.05, 3.63) is 131 Å². The molecule has 0 aliphatic heterocycles. The molecule has 0 bridgehead atoms. The molecule has 4 aromatic rings. The average molecular weight is 591 g/mol. The van der Waals surface area contributed by atoms with E-state index in [0.29, 0.717) is 6.42 Å². The van der Waals surface area contributed by atoms with Crippen LogP contribution < -0.4 is 18.9 Å². The molecular weight excluding hydrogens is 552 g/mol. The van der Waals surface area contributed by atoms with Crippen LogP contribution >= 0.6 is 0 Å². The number of ketones is 1. The van der Waals surface area contributed by atoms with Crippen LogP contribution in [0.2, 0.25) is 0 Å². The summed E-state index contributed by atoms with van der Waals surface area (Å²) in [5.74, 6) is 1.59. The minimum atomic E-state index is -1.43. The van der Waals surface area contributed by atoms with Crippen LogP contribution in [0, 0.1) is 5.92 Å². The fraction of sp³-hybridized carbons (Fsp3) is 0.237. The summed E-state index contributed by atoms with van der Waals surface area (Å²) in [7, 11) is 6.51. The smallest absolute Gasteiger partial charge is 0.162 e. The van der Waals surface area contributed by atoms with Crippen molar-refractivity contribution in [2.75, 3.05) is 28.4 Å². The topological polar surface area (TPSA) is 74.2 Å². The van der Waals surface area contributed by atoms with Gasteiger partial charge in [-0.2, -0.15) is 0 Å². The SMILES string of the molecule is COc1ccc(/C=C/C(=O)C2C(c3ccc(OC)cc3)C(c3ccc(OC)cc3)CC2(O)/C=C/c2ccc(OC)cc2)cc1. The van der Waals surface area contributed by atoms with Gasteiger partial charge < -0.3 is 24.1 Å². The van der Waals surface area contributed by atoms with E-state index >= 15 is 0 Å². The molecule has 6 heteroatoms. The van der Waals surface area contributed by atoms with Crippen molar-refractivity contribution in [2.45, 2.75) is 23.9 Å². The highest BCUT2D eigenvalue weighted by molar-refractivity contribution is 5.97. The third-order valence-corrected chi connectivity index (χ3v) is 8.47. The first kappa shape index (κ1) is 30.6. The first-order valence-corrected chi connectivity index (χ1v) is 14.6. The quantitative estimate of drug-likeness (QED) is 0.184. The lowest BCUT2D eigenvalue weighted by molar-refractivity contribution is -0.123. The van der Waals surface area contributed by atoms with Gasteiger partial charge in [0.25, 0.3) is 0 Å². The zero-order chi connectivity index (χ0) is 31.1. The lowest BCUT2D eigenvalue weighted by Crippen LogP contribution is -2.37. The Morgan fingerprint density at radius 1 is 0.636 bits per heavy atom. The first-order valence-electron chi connectivity index (χ1n) is 14.6. The number of hydrogen-bond donors (Lipinski definition) is 1. The summed E-state index contributed by atoms with van der Waals surface area (Å²) in [4.78, 5) is 14.3.